The Morgan fingerprint density at radius 2 is 1.89 bits per heavy atom. The Balaban J connectivity index is 2.58. The molecule has 0 aliphatic carbocycles. The van der Waals surface area contributed by atoms with E-state index in [-0.39, 0.29) is 12.3 Å². The highest BCUT2D eigenvalue weighted by Crippen LogP contribution is 2.11. The zero-order valence-corrected chi connectivity index (χ0v) is 11.4. The summed E-state index contributed by atoms with van der Waals surface area (Å²) in [4.78, 5) is 12.7. The van der Waals surface area contributed by atoms with Gasteiger partial charge in [0.2, 0.25) is 10.0 Å². The first-order chi connectivity index (χ1) is 8.42. The van der Waals surface area contributed by atoms with Crippen molar-refractivity contribution < 1.29 is 18.3 Å². The molecule has 1 atom stereocenters. The monoisotopic (exact) mass is 279 g/mol. The van der Waals surface area contributed by atoms with Gasteiger partial charge in [0.25, 0.3) is 0 Å². The molecule has 1 saturated heterocycles. The summed E-state index contributed by atoms with van der Waals surface area (Å²) in [6.45, 7) is 3.37. The van der Waals surface area contributed by atoms with Gasteiger partial charge in [0, 0.05) is 32.7 Å². The van der Waals surface area contributed by atoms with Gasteiger partial charge in [0.15, 0.2) is 0 Å². The Labute approximate surface area is 108 Å². The van der Waals surface area contributed by atoms with Crippen LogP contribution in [-0.4, -0.2) is 73.2 Å². The minimum atomic E-state index is -3.18. The van der Waals surface area contributed by atoms with Crippen LogP contribution >= 0.6 is 0 Å². The zero-order valence-electron chi connectivity index (χ0n) is 10.6. The summed E-state index contributed by atoms with van der Waals surface area (Å²) in [6, 6.07) is -0.721. The van der Waals surface area contributed by atoms with Crippen LogP contribution in [0.3, 0.4) is 0 Å². The molecule has 8 heteroatoms. The fraction of sp³-hybridized carbons (Fsp3) is 0.900. The predicted molar refractivity (Wildman–Crippen MR) is 67.7 cm³/mol. The van der Waals surface area contributed by atoms with Gasteiger partial charge < -0.3 is 10.8 Å². The lowest BCUT2D eigenvalue weighted by molar-refractivity contribution is -0.143. The van der Waals surface area contributed by atoms with Crippen LogP contribution in [0, 0.1) is 0 Å². The quantitative estimate of drug-likeness (QED) is 0.630. The van der Waals surface area contributed by atoms with Gasteiger partial charge in [-0.05, 0) is 6.42 Å². The van der Waals surface area contributed by atoms with Crippen LogP contribution in [0.5, 0.6) is 0 Å². The first kappa shape index (κ1) is 15.4. The molecule has 0 aromatic rings. The van der Waals surface area contributed by atoms with Crippen LogP contribution in [-0.2, 0) is 14.8 Å². The summed E-state index contributed by atoms with van der Waals surface area (Å²) in [5.41, 5.74) is 5.42. The van der Waals surface area contributed by atoms with E-state index in [9.17, 15) is 13.2 Å². The fourth-order valence-electron chi connectivity index (χ4n) is 2.09. The van der Waals surface area contributed by atoms with Crippen LogP contribution in [0.1, 0.15) is 13.3 Å². The van der Waals surface area contributed by atoms with Gasteiger partial charge in [-0.2, -0.15) is 4.31 Å². The first-order valence-electron chi connectivity index (χ1n) is 6.07. The van der Waals surface area contributed by atoms with Gasteiger partial charge in [-0.1, -0.05) is 6.92 Å². The van der Waals surface area contributed by atoms with E-state index < -0.39 is 22.0 Å². The second kappa shape index (κ2) is 6.46. The number of sulfonamides is 1. The Bertz CT molecular complexity index is 377. The molecule has 1 heterocycles. The van der Waals surface area contributed by atoms with Crippen molar-refractivity contribution in [2.45, 2.75) is 19.4 Å². The number of piperazine rings is 1. The summed E-state index contributed by atoms with van der Waals surface area (Å²) >= 11 is 0. The molecule has 106 valence electrons. The minimum absolute atomic E-state index is 0.0387. The van der Waals surface area contributed by atoms with E-state index >= 15 is 0 Å². The molecule has 0 aromatic heterocycles. The topological polar surface area (TPSA) is 104 Å². The summed E-state index contributed by atoms with van der Waals surface area (Å²) in [7, 11) is -3.18. The maximum Gasteiger partial charge on any atom is 0.322 e. The molecule has 0 saturated carbocycles. The predicted octanol–water partition coefficient (Wildman–Crippen LogP) is -1.24. The Morgan fingerprint density at radius 3 is 2.28 bits per heavy atom. The second-order valence-electron chi connectivity index (χ2n) is 4.34. The standard InChI is InChI=1S/C10H21N3O4S/c1-2-7-18(16,17)13-5-3-12(4-6-13)9(8-11)10(14)15/h9H,2-8,11H2,1H3,(H,14,15). The molecule has 1 aliphatic rings. The average Bonchev–Trinajstić information content (AvgIpc) is 2.30. The lowest BCUT2D eigenvalue weighted by Crippen LogP contribution is -2.56. The van der Waals surface area contributed by atoms with E-state index in [0.29, 0.717) is 32.6 Å². The average molecular weight is 279 g/mol. The van der Waals surface area contributed by atoms with Gasteiger partial charge in [-0.25, -0.2) is 8.42 Å². The van der Waals surface area contributed by atoms with Gasteiger partial charge >= 0.3 is 5.97 Å². The fourth-order valence-corrected chi connectivity index (χ4v) is 3.58. The normalized spacial score (nSPS) is 20.8. The third-order valence-electron chi connectivity index (χ3n) is 3.08. The molecular weight excluding hydrogens is 258 g/mol. The van der Waals surface area contributed by atoms with Crippen molar-refractivity contribution in [2.75, 3.05) is 38.5 Å². The van der Waals surface area contributed by atoms with Crippen molar-refractivity contribution in [1.29, 1.82) is 0 Å². The number of nitrogens with zero attached hydrogens (tertiary/aromatic N) is 2. The molecule has 1 unspecified atom stereocenters. The smallest absolute Gasteiger partial charge is 0.322 e. The van der Waals surface area contributed by atoms with E-state index in [4.69, 9.17) is 10.8 Å². The van der Waals surface area contributed by atoms with E-state index in [1.54, 1.807) is 4.90 Å². The lowest BCUT2D eigenvalue weighted by Gasteiger charge is -2.36. The number of carbonyl (C=O) groups is 1. The molecule has 3 N–H and O–H groups in total. The highest BCUT2D eigenvalue weighted by molar-refractivity contribution is 7.89. The molecule has 7 nitrogen and oxygen atoms in total. The maximum absolute atomic E-state index is 11.8. The molecular formula is C10H21N3O4S. The number of carboxylic acid groups (broad SMARTS) is 1. The maximum atomic E-state index is 11.8. The van der Waals surface area contributed by atoms with Crippen LogP contribution in [0.25, 0.3) is 0 Å². The zero-order chi connectivity index (χ0) is 13.8. The molecule has 0 bridgehead atoms. The summed E-state index contributed by atoms with van der Waals surface area (Å²) < 4.78 is 25.1. The number of hydrogen-bond acceptors (Lipinski definition) is 5. The summed E-state index contributed by atoms with van der Waals surface area (Å²) in [5, 5.41) is 8.98. The van der Waals surface area contributed by atoms with Gasteiger partial charge in [-0.15, -0.1) is 0 Å². The molecule has 0 amide bonds. The van der Waals surface area contributed by atoms with Crippen molar-refractivity contribution >= 4 is 16.0 Å². The molecule has 0 radical (unpaired) electrons. The Hall–Kier alpha value is -0.700. The second-order valence-corrected chi connectivity index (χ2v) is 6.43. The number of carboxylic acids is 1. The largest absolute Gasteiger partial charge is 0.480 e. The molecule has 18 heavy (non-hydrogen) atoms. The molecule has 1 rings (SSSR count). The van der Waals surface area contributed by atoms with E-state index in [2.05, 4.69) is 0 Å². The first-order valence-corrected chi connectivity index (χ1v) is 7.68. The number of rotatable bonds is 6. The number of aliphatic carboxylic acids is 1. The van der Waals surface area contributed by atoms with E-state index in [1.807, 2.05) is 6.92 Å². The lowest BCUT2D eigenvalue weighted by atomic mass is 10.2. The third-order valence-corrected chi connectivity index (χ3v) is 5.15. The molecule has 0 aromatic carbocycles. The highest BCUT2D eigenvalue weighted by Gasteiger charge is 2.31. The van der Waals surface area contributed by atoms with Crippen LogP contribution in [0.2, 0.25) is 0 Å². The van der Waals surface area contributed by atoms with Crippen molar-refractivity contribution in [2.24, 2.45) is 5.73 Å². The summed E-state index contributed by atoms with van der Waals surface area (Å²) in [5.74, 6) is -0.811. The van der Waals surface area contributed by atoms with Gasteiger partial charge in [0.05, 0.1) is 5.75 Å². The van der Waals surface area contributed by atoms with E-state index in [1.165, 1.54) is 4.31 Å². The molecule has 1 fully saturated rings. The number of nitrogens with two attached hydrogens (primary N) is 1. The SMILES string of the molecule is CCCS(=O)(=O)N1CCN(C(CN)C(=O)O)CC1. The van der Waals surface area contributed by atoms with Crippen molar-refractivity contribution in [3.8, 4) is 0 Å². The number of hydrogen-bond donors (Lipinski definition) is 2. The van der Waals surface area contributed by atoms with Crippen LogP contribution in [0.15, 0.2) is 0 Å². The summed E-state index contributed by atoms with van der Waals surface area (Å²) in [6.07, 6.45) is 0.586. The van der Waals surface area contributed by atoms with Crippen molar-refractivity contribution in [3.05, 3.63) is 0 Å². The molecule has 1 aliphatic heterocycles. The van der Waals surface area contributed by atoms with Crippen molar-refractivity contribution in [3.63, 3.8) is 0 Å². The van der Waals surface area contributed by atoms with E-state index in [0.717, 1.165) is 0 Å². The Kier molecular flexibility index (Phi) is 5.51. The van der Waals surface area contributed by atoms with Gasteiger partial charge in [-0.3, -0.25) is 9.69 Å². The van der Waals surface area contributed by atoms with Gasteiger partial charge in [0.1, 0.15) is 6.04 Å². The third kappa shape index (κ3) is 3.64. The Morgan fingerprint density at radius 1 is 1.33 bits per heavy atom. The van der Waals surface area contributed by atoms with Crippen LogP contribution < -0.4 is 5.73 Å². The molecule has 0 spiro atoms. The minimum Gasteiger partial charge on any atom is -0.480 e. The van der Waals surface area contributed by atoms with Crippen LogP contribution in [0.4, 0.5) is 0 Å². The highest BCUT2D eigenvalue weighted by atomic mass is 32.2. The van der Waals surface area contributed by atoms with Crippen molar-refractivity contribution in [1.82, 2.24) is 9.21 Å².